The maximum atomic E-state index is 13.6. The molecule has 8 heteroatoms. The molecule has 1 fully saturated rings. The lowest BCUT2D eigenvalue weighted by Gasteiger charge is -2.17. The largest absolute Gasteiger partial charge is 0.325 e. The lowest BCUT2D eigenvalue weighted by molar-refractivity contribution is -0.387. The third-order valence-electron chi connectivity index (χ3n) is 4.98. The van der Waals surface area contributed by atoms with Crippen molar-refractivity contribution in [2.24, 2.45) is 5.92 Å². The van der Waals surface area contributed by atoms with Gasteiger partial charge >= 0.3 is 5.69 Å². The fourth-order valence-corrected chi connectivity index (χ4v) is 3.51. The molecule has 0 aliphatic carbocycles. The third kappa shape index (κ3) is 3.52. The number of carbonyl (C=O) groups is 2. The van der Waals surface area contributed by atoms with Crippen molar-refractivity contribution in [3.05, 3.63) is 76.6 Å². The maximum absolute atomic E-state index is 13.6. The van der Waals surface area contributed by atoms with Gasteiger partial charge in [-0.1, -0.05) is 36.4 Å². The van der Waals surface area contributed by atoms with Crippen LogP contribution in [0, 0.1) is 21.8 Å². The van der Waals surface area contributed by atoms with Crippen molar-refractivity contribution in [3.8, 4) is 0 Å². The Labute approximate surface area is 164 Å². The summed E-state index contributed by atoms with van der Waals surface area (Å²) in [4.78, 5) is 36.5. The van der Waals surface area contributed by atoms with Crippen LogP contribution in [0.2, 0.25) is 0 Å². The summed E-state index contributed by atoms with van der Waals surface area (Å²) in [7, 11) is 0. The van der Waals surface area contributed by atoms with Gasteiger partial charge in [0.2, 0.25) is 17.6 Å². The minimum absolute atomic E-state index is 0.0260. The Balaban J connectivity index is 1.54. The van der Waals surface area contributed by atoms with Crippen LogP contribution in [0.3, 0.4) is 0 Å². The van der Waals surface area contributed by atoms with E-state index in [4.69, 9.17) is 0 Å². The Morgan fingerprint density at radius 1 is 1.14 bits per heavy atom. The van der Waals surface area contributed by atoms with Gasteiger partial charge in [-0.3, -0.25) is 19.7 Å². The molecule has 1 aliphatic rings. The Hall–Kier alpha value is -3.81. The zero-order valence-corrected chi connectivity index (χ0v) is 15.2. The molecule has 146 valence electrons. The highest BCUT2D eigenvalue weighted by molar-refractivity contribution is 6.07. The number of fused-ring (bicyclic) bond motifs is 1. The molecule has 0 radical (unpaired) electrons. The van der Waals surface area contributed by atoms with E-state index in [-0.39, 0.29) is 30.5 Å². The van der Waals surface area contributed by atoms with Gasteiger partial charge in [0.1, 0.15) is 0 Å². The smallest absolute Gasteiger partial charge is 0.306 e. The SMILES string of the molecule is O=C(Nc1cccc2ccccc12)C1CC(=O)N(c2ccc(F)c([N+](=O)[O-])c2)C1. The summed E-state index contributed by atoms with van der Waals surface area (Å²) >= 11 is 0. The summed E-state index contributed by atoms with van der Waals surface area (Å²) in [5.41, 5.74) is 0.138. The molecule has 3 aromatic rings. The van der Waals surface area contributed by atoms with Gasteiger partial charge in [0.25, 0.3) is 0 Å². The van der Waals surface area contributed by atoms with E-state index < -0.39 is 22.3 Å². The van der Waals surface area contributed by atoms with Crippen LogP contribution in [0.1, 0.15) is 6.42 Å². The summed E-state index contributed by atoms with van der Waals surface area (Å²) in [5.74, 6) is -2.25. The lowest BCUT2D eigenvalue weighted by Crippen LogP contribution is -2.28. The van der Waals surface area contributed by atoms with Crippen LogP contribution in [0.15, 0.2) is 60.7 Å². The first-order valence-electron chi connectivity index (χ1n) is 8.97. The fraction of sp³-hybridized carbons (Fsp3) is 0.143. The minimum Gasteiger partial charge on any atom is -0.325 e. The van der Waals surface area contributed by atoms with Crippen LogP contribution in [0.5, 0.6) is 0 Å². The van der Waals surface area contributed by atoms with Crippen LogP contribution in [0.25, 0.3) is 10.8 Å². The number of hydrogen-bond donors (Lipinski definition) is 1. The summed E-state index contributed by atoms with van der Waals surface area (Å²) in [5, 5.41) is 15.7. The number of nitrogens with one attached hydrogen (secondary N) is 1. The zero-order valence-electron chi connectivity index (χ0n) is 15.2. The molecule has 1 unspecified atom stereocenters. The maximum Gasteiger partial charge on any atom is 0.306 e. The molecule has 1 N–H and O–H groups in total. The number of benzene rings is 3. The first kappa shape index (κ1) is 18.5. The van der Waals surface area contributed by atoms with Crippen molar-refractivity contribution in [1.82, 2.24) is 0 Å². The summed E-state index contributed by atoms with van der Waals surface area (Å²) in [6.45, 7) is 0.0677. The van der Waals surface area contributed by atoms with Crippen LogP contribution in [-0.4, -0.2) is 23.3 Å². The average Bonchev–Trinajstić information content (AvgIpc) is 3.10. The van der Waals surface area contributed by atoms with Gasteiger partial charge in [-0.15, -0.1) is 0 Å². The van der Waals surface area contributed by atoms with Crippen LogP contribution in [-0.2, 0) is 9.59 Å². The molecule has 4 rings (SSSR count). The Morgan fingerprint density at radius 3 is 2.69 bits per heavy atom. The number of carbonyl (C=O) groups excluding carboxylic acids is 2. The van der Waals surface area contributed by atoms with Gasteiger partial charge in [0.05, 0.1) is 16.5 Å². The number of nitro benzene ring substituents is 1. The summed E-state index contributed by atoms with van der Waals surface area (Å²) in [6.07, 6.45) is -0.0260. The highest BCUT2D eigenvalue weighted by Gasteiger charge is 2.36. The Morgan fingerprint density at radius 2 is 1.90 bits per heavy atom. The van der Waals surface area contributed by atoms with Crippen LogP contribution >= 0.6 is 0 Å². The molecule has 0 bridgehead atoms. The molecule has 1 aliphatic heterocycles. The number of halogens is 1. The number of anilines is 2. The molecule has 7 nitrogen and oxygen atoms in total. The van der Waals surface area contributed by atoms with E-state index in [0.717, 1.165) is 22.9 Å². The molecular formula is C21H16FN3O4. The second-order valence-electron chi connectivity index (χ2n) is 6.81. The number of nitro groups is 1. The number of amides is 2. The third-order valence-corrected chi connectivity index (χ3v) is 4.98. The first-order valence-corrected chi connectivity index (χ1v) is 8.97. The Kier molecular flexibility index (Phi) is 4.67. The van der Waals surface area contributed by atoms with Gasteiger partial charge in [-0.2, -0.15) is 4.39 Å². The normalized spacial score (nSPS) is 16.2. The molecular weight excluding hydrogens is 377 g/mol. The average molecular weight is 393 g/mol. The minimum atomic E-state index is -0.976. The molecule has 3 aromatic carbocycles. The van der Waals surface area contributed by atoms with Gasteiger partial charge in [-0.25, -0.2) is 0 Å². The molecule has 2 amide bonds. The van der Waals surface area contributed by atoms with Gasteiger partial charge in [-0.05, 0) is 23.6 Å². The van der Waals surface area contributed by atoms with E-state index in [9.17, 15) is 24.1 Å². The molecule has 1 saturated heterocycles. The van der Waals surface area contributed by atoms with E-state index in [2.05, 4.69) is 5.32 Å². The second kappa shape index (κ2) is 7.31. The molecule has 1 atom stereocenters. The zero-order chi connectivity index (χ0) is 20.5. The van der Waals surface area contributed by atoms with E-state index in [1.54, 1.807) is 6.07 Å². The van der Waals surface area contributed by atoms with Crippen molar-refractivity contribution in [2.45, 2.75) is 6.42 Å². The fourth-order valence-electron chi connectivity index (χ4n) is 3.51. The van der Waals surface area contributed by atoms with Crippen LogP contribution in [0.4, 0.5) is 21.5 Å². The van der Waals surface area contributed by atoms with Gasteiger partial charge in [0.15, 0.2) is 0 Å². The first-order chi connectivity index (χ1) is 13.9. The van der Waals surface area contributed by atoms with Crippen molar-refractivity contribution < 1.29 is 18.9 Å². The van der Waals surface area contributed by atoms with E-state index >= 15 is 0 Å². The molecule has 0 saturated carbocycles. The highest BCUT2D eigenvalue weighted by atomic mass is 19.1. The molecule has 1 heterocycles. The van der Waals surface area contributed by atoms with E-state index in [0.29, 0.717) is 5.69 Å². The van der Waals surface area contributed by atoms with E-state index in [1.165, 1.54) is 11.0 Å². The lowest BCUT2D eigenvalue weighted by atomic mass is 10.1. The molecule has 29 heavy (non-hydrogen) atoms. The van der Waals surface area contributed by atoms with Crippen LogP contribution < -0.4 is 10.2 Å². The summed E-state index contributed by atoms with van der Waals surface area (Å²) in [6, 6.07) is 16.4. The molecule has 0 aromatic heterocycles. The van der Waals surface area contributed by atoms with Gasteiger partial charge in [0, 0.05) is 30.1 Å². The monoisotopic (exact) mass is 393 g/mol. The predicted molar refractivity (Wildman–Crippen MR) is 106 cm³/mol. The molecule has 0 spiro atoms. The standard InChI is InChI=1S/C21H16FN3O4/c22-17-9-8-15(11-19(17)25(28)29)24-12-14(10-20(24)26)21(27)23-18-7-3-5-13-4-1-2-6-16(13)18/h1-9,11,14H,10,12H2,(H,23,27). The number of hydrogen-bond acceptors (Lipinski definition) is 4. The van der Waals surface area contributed by atoms with Crippen molar-refractivity contribution in [1.29, 1.82) is 0 Å². The van der Waals surface area contributed by atoms with Crippen molar-refractivity contribution >= 4 is 39.6 Å². The highest BCUT2D eigenvalue weighted by Crippen LogP contribution is 2.31. The van der Waals surface area contributed by atoms with Gasteiger partial charge < -0.3 is 10.2 Å². The van der Waals surface area contributed by atoms with Crippen molar-refractivity contribution in [2.75, 3.05) is 16.8 Å². The topological polar surface area (TPSA) is 92.6 Å². The predicted octanol–water partition coefficient (Wildman–Crippen LogP) is 3.88. The van der Waals surface area contributed by atoms with E-state index in [1.807, 2.05) is 36.4 Å². The van der Waals surface area contributed by atoms with Crippen molar-refractivity contribution in [3.63, 3.8) is 0 Å². The Bertz CT molecular complexity index is 1140. The number of nitrogens with zero attached hydrogens (tertiary/aromatic N) is 2. The number of rotatable bonds is 4. The summed E-state index contributed by atoms with van der Waals surface area (Å²) < 4.78 is 13.6. The second-order valence-corrected chi connectivity index (χ2v) is 6.81. The quantitative estimate of drug-likeness (QED) is 0.538.